The number of hydrogen-bond donors (Lipinski definition) is 3. The van der Waals surface area contributed by atoms with Gasteiger partial charge in [-0.25, -0.2) is 0 Å². The van der Waals surface area contributed by atoms with Crippen LogP contribution >= 0.6 is 0 Å². The van der Waals surface area contributed by atoms with Crippen LogP contribution in [0.1, 0.15) is 25.7 Å². The summed E-state index contributed by atoms with van der Waals surface area (Å²) in [7, 11) is 0. The first-order chi connectivity index (χ1) is 9.41. The van der Waals surface area contributed by atoms with E-state index < -0.39 is 28.2 Å². The second kappa shape index (κ2) is 7.07. The SMILES string of the molecule is O=C(O)CCCCC(=O)Nc1c(O)cccc1[N+](=O)[O-]. The standard InChI is InChI=1S/C12H14N2O6/c15-9-5-3-4-8(14(19)20)12(9)13-10(16)6-1-2-7-11(17)18/h3-5,15H,1-2,6-7H2,(H,13,16)(H,17,18). The summed E-state index contributed by atoms with van der Waals surface area (Å²) < 4.78 is 0. The van der Waals surface area contributed by atoms with Gasteiger partial charge < -0.3 is 15.5 Å². The largest absolute Gasteiger partial charge is 0.505 e. The monoisotopic (exact) mass is 282 g/mol. The van der Waals surface area contributed by atoms with Crippen LogP contribution in [0, 0.1) is 10.1 Å². The number of anilines is 1. The number of nitro groups is 1. The third-order valence-corrected chi connectivity index (χ3v) is 2.53. The second-order valence-electron chi connectivity index (χ2n) is 4.08. The Bertz CT molecular complexity index is 529. The van der Waals surface area contributed by atoms with Gasteiger partial charge in [-0.2, -0.15) is 0 Å². The van der Waals surface area contributed by atoms with Gasteiger partial charge in [0.15, 0.2) is 5.69 Å². The van der Waals surface area contributed by atoms with Crippen molar-refractivity contribution in [1.29, 1.82) is 0 Å². The zero-order chi connectivity index (χ0) is 15.1. The number of carbonyl (C=O) groups is 2. The number of phenols is 1. The zero-order valence-electron chi connectivity index (χ0n) is 10.5. The number of aliphatic carboxylic acids is 1. The number of benzene rings is 1. The van der Waals surface area contributed by atoms with E-state index in [2.05, 4.69) is 5.32 Å². The summed E-state index contributed by atoms with van der Waals surface area (Å²) in [4.78, 5) is 31.9. The van der Waals surface area contributed by atoms with Gasteiger partial charge in [-0.1, -0.05) is 6.07 Å². The van der Waals surface area contributed by atoms with Gasteiger partial charge in [0.05, 0.1) is 4.92 Å². The van der Waals surface area contributed by atoms with Gasteiger partial charge in [-0.05, 0) is 18.9 Å². The van der Waals surface area contributed by atoms with Crippen LogP contribution in [0.4, 0.5) is 11.4 Å². The van der Waals surface area contributed by atoms with Crippen LogP contribution in [-0.2, 0) is 9.59 Å². The molecule has 0 atom stereocenters. The van der Waals surface area contributed by atoms with Gasteiger partial charge in [0, 0.05) is 18.9 Å². The first-order valence-corrected chi connectivity index (χ1v) is 5.90. The Kier molecular flexibility index (Phi) is 5.45. The molecule has 0 saturated heterocycles. The quantitative estimate of drug-likeness (QED) is 0.303. The van der Waals surface area contributed by atoms with E-state index in [-0.39, 0.29) is 18.5 Å². The molecule has 0 bridgehead atoms. The van der Waals surface area contributed by atoms with E-state index in [0.717, 1.165) is 0 Å². The number of nitrogens with one attached hydrogen (secondary N) is 1. The number of unbranched alkanes of at least 4 members (excludes halogenated alkanes) is 1. The molecule has 1 amide bonds. The molecule has 0 unspecified atom stereocenters. The maximum absolute atomic E-state index is 11.6. The Labute approximate surface area is 114 Å². The molecular formula is C12H14N2O6. The van der Waals surface area contributed by atoms with Crippen molar-refractivity contribution in [3.63, 3.8) is 0 Å². The molecule has 0 saturated carbocycles. The topological polar surface area (TPSA) is 130 Å². The number of phenolic OH excluding ortho intramolecular Hbond substituents is 1. The van der Waals surface area contributed by atoms with Crippen molar-refractivity contribution in [2.45, 2.75) is 25.7 Å². The normalized spacial score (nSPS) is 10.0. The number of para-hydroxylation sites is 1. The van der Waals surface area contributed by atoms with E-state index in [9.17, 15) is 24.8 Å². The van der Waals surface area contributed by atoms with Crippen LogP contribution < -0.4 is 5.32 Å². The fourth-order valence-corrected chi connectivity index (χ4v) is 1.57. The minimum atomic E-state index is -0.943. The molecule has 0 aliphatic carbocycles. The molecule has 20 heavy (non-hydrogen) atoms. The third kappa shape index (κ3) is 4.56. The predicted molar refractivity (Wildman–Crippen MR) is 69.5 cm³/mol. The average Bonchev–Trinajstić information content (AvgIpc) is 2.36. The van der Waals surface area contributed by atoms with Crippen molar-refractivity contribution in [1.82, 2.24) is 0 Å². The van der Waals surface area contributed by atoms with Gasteiger partial charge in [0.2, 0.25) is 5.91 Å². The Morgan fingerprint density at radius 2 is 1.90 bits per heavy atom. The number of aromatic hydroxyl groups is 1. The zero-order valence-corrected chi connectivity index (χ0v) is 10.5. The molecule has 1 aromatic rings. The van der Waals surface area contributed by atoms with E-state index in [0.29, 0.717) is 12.8 Å². The van der Waals surface area contributed by atoms with Gasteiger partial charge in [-0.3, -0.25) is 19.7 Å². The predicted octanol–water partition coefficient (Wildman–Crippen LogP) is 1.88. The molecule has 0 heterocycles. The highest BCUT2D eigenvalue weighted by atomic mass is 16.6. The lowest BCUT2D eigenvalue weighted by atomic mass is 10.2. The minimum absolute atomic E-state index is 0.0266. The van der Waals surface area contributed by atoms with Crippen LogP contribution in [0.5, 0.6) is 5.75 Å². The number of rotatable bonds is 7. The molecule has 0 aliphatic rings. The summed E-state index contributed by atoms with van der Waals surface area (Å²) >= 11 is 0. The summed E-state index contributed by atoms with van der Waals surface area (Å²) in [5.41, 5.74) is -0.648. The molecule has 0 fully saturated rings. The van der Waals surface area contributed by atoms with E-state index >= 15 is 0 Å². The summed E-state index contributed by atoms with van der Waals surface area (Å²) in [5, 5.41) is 31.0. The van der Waals surface area contributed by atoms with Crippen molar-refractivity contribution >= 4 is 23.3 Å². The lowest BCUT2D eigenvalue weighted by molar-refractivity contribution is -0.384. The molecular weight excluding hydrogens is 268 g/mol. The van der Waals surface area contributed by atoms with Crippen molar-refractivity contribution < 1.29 is 24.7 Å². The van der Waals surface area contributed by atoms with Gasteiger partial charge in [0.25, 0.3) is 5.69 Å². The molecule has 108 valence electrons. The molecule has 0 aliphatic heterocycles. The average molecular weight is 282 g/mol. The van der Waals surface area contributed by atoms with Crippen LogP contribution in [0.25, 0.3) is 0 Å². The van der Waals surface area contributed by atoms with Crippen molar-refractivity contribution in [2.24, 2.45) is 0 Å². The Hall–Kier alpha value is -2.64. The van der Waals surface area contributed by atoms with Crippen molar-refractivity contribution in [3.8, 4) is 5.75 Å². The van der Waals surface area contributed by atoms with Crippen LogP contribution in [0.2, 0.25) is 0 Å². The highest BCUT2D eigenvalue weighted by molar-refractivity contribution is 5.94. The molecule has 8 nitrogen and oxygen atoms in total. The molecule has 0 spiro atoms. The number of nitrogens with zero attached hydrogens (tertiary/aromatic N) is 1. The molecule has 0 aromatic heterocycles. The Morgan fingerprint density at radius 1 is 1.25 bits per heavy atom. The third-order valence-electron chi connectivity index (χ3n) is 2.53. The lowest BCUT2D eigenvalue weighted by Crippen LogP contribution is -2.12. The maximum atomic E-state index is 11.6. The summed E-state index contributed by atoms with van der Waals surface area (Å²) in [6, 6.07) is 3.70. The Morgan fingerprint density at radius 3 is 2.50 bits per heavy atom. The molecule has 1 aromatic carbocycles. The fraction of sp³-hybridized carbons (Fsp3) is 0.333. The van der Waals surface area contributed by atoms with Crippen molar-refractivity contribution in [2.75, 3.05) is 5.32 Å². The van der Waals surface area contributed by atoms with E-state index in [1.165, 1.54) is 18.2 Å². The minimum Gasteiger partial charge on any atom is -0.505 e. The van der Waals surface area contributed by atoms with Gasteiger partial charge in [-0.15, -0.1) is 0 Å². The highest BCUT2D eigenvalue weighted by Gasteiger charge is 2.19. The number of amides is 1. The maximum Gasteiger partial charge on any atom is 0.303 e. The van der Waals surface area contributed by atoms with E-state index in [1.807, 2.05) is 0 Å². The molecule has 3 N–H and O–H groups in total. The first-order valence-electron chi connectivity index (χ1n) is 5.90. The molecule has 8 heteroatoms. The van der Waals surface area contributed by atoms with Crippen LogP contribution in [0.15, 0.2) is 18.2 Å². The summed E-state index contributed by atoms with van der Waals surface area (Å²) in [5.74, 6) is -1.85. The van der Waals surface area contributed by atoms with Crippen molar-refractivity contribution in [3.05, 3.63) is 28.3 Å². The second-order valence-corrected chi connectivity index (χ2v) is 4.08. The Balaban J connectivity index is 2.62. The smallest absolute Gasteiger partial charge is 0.303 e. The highest BCUT2D eigenvalue weighted by Crippen LogP contribution is 2.33. The summed E-state index contributed by atoms with van der Waals surface area (Å²) in [6.07, 6.45) is 0.675. The lowest BCUT2D eigenvalue weighted by Gasteiger charge is -2.07. The van der Waals surface area contributed by atoms with Gasteiger partial charge in [0.1, 0.15) is 5.75 Å². The summed E-state index contributed by atoms with van der Waals surface area (Å²) in [6.45, 7) is 0. The number of hydrogen-bond acceptors (Lipinski definition) is 5. The van der Waals surface area contributed by atoms with Gasteiger partial charge >= 0.3 is 5.97 Å². The van der Waals surface area contributed by atoms with Crippen LogP contribution in [0.3, 0.4) is 0 Å². The number of carbonyl (C=O) groups excluding carboxylic acids is 1. The number of nitro benzene ring substituents is 1. The molecule has 0 radical (unpaired) electrons. The van der Waals surface area contributed by atoms with Crippen LogP contribution in [-0.4, -0.2) is 27.0 Å². The number of carboxylic acid groups (broad SMARTS) is 1. The first kappa shape index (κ1) is 15.4. The van der Waals surface area contributed by atoms with E-state index in [1.54, 1.807) is 0 Å². The fourth-order valence-electron chi connectivity index (χ4n) is 1.57. The molecule has 1 rings (SSSR count). The van der Waals surface area contributed by atoms with E-state index in [4.69, 9.17) is 5.11 Å². The number of carboxylic acids is 1.